The van der Waals surface area contributed by atoms with Gasteiger partial charge in [-0.2, -0.15) is 0 Å². The van der Waals surface area contributed by atoms with E-state index in [4.69, 9.17) is 12.2 Å². The Labute approximate surface area is 146 Å². The SMILES string of the molecule is C#CC1CCC2C3C(CC[C@]12C)[C@@]1(C)CC[C@H](N)CC1[C@@H](O)[C@@H]3O. The van der Waals surface area contributed by atoms with Crippen molar-refractivity contribution in [3.05, 3.63) is 0 Å². The lowest BCUT2D eigenvalue weighted by molar-refractivity contribution is -0.214. The van der Waals surface area contributed by atoms with E-state index >= 15 is 0 Å². The van der Waals surface area contributed by atoms with Crippen LogP contribution in [0.3, 0.4) is 0 Å². The summed E-state index contributed by atoms with van der Waals surface area (Å²) in [4.78, 5) is 0. The molecule has 0 aromatic rings. The van der Waals surface area contributed by atoms with Crippen LogP contribution in [0.25, 0.3) is 0 Å². The minimum absolute atomic E-state index is 0.120. The van der Waals surface area contributed by atoms with Crippen molar-refractivity contribution in [1.82, 2.24) is 0 Å². The Balaban J connectivity index is 1.71. The van der Waals surface area contributed by atoms with Crippen molar-refractivity contribution >= 4 is 0 Å². The Bertz CT molecular complexity index is 557. The standard InChI is InChI=1S/C21H33NO2/c1-4-12-5-6-14-17-15(8-10-20(12,14)2)21(3)9-7-13(22)11-16(21)18(23)19(17)24/h1,12-19,23-24H,5-11,22H2,2-3H3/t12?,13-,14?,15?,16?,17?,18+,19+,20+,21+/m0/s1. The van der Waals surface area contributed by atoms with E-state index in [1.54, 1.807) is 0 Å². The Morgan fingerprint density at radius 2 is 1.58 bits per heavy atom. The normalized spacial score (nSPS) is 59.8. The number of rotatable bonds is 0. The Hall–Kier alpha value is -0.560. The van der Waals surface area contributed by atoms with Crippen molar-refractivity contribution in [2.45, 2.75) is 77.0 Å². The number of terminal acetylenes is 1. The lowest BCUT2D eigenvalue weighted by Gasteiger charge is -2.63. The third kappa shape index (κ3) is 2.03. The van der Waals surface area contributed by atoms with Gasteiger partial charge in [-0.1, -0.05) is 13.8 Å². The van der Waals surface area contributed by atoms with Gasteiger partial charge in [-0.05, 0) is 79.4 Å². The summed E-state index contributed by atoms with van der Waals surface area (Å²) >= 11 is 0. The summed E-state index contributed by atoms with van der Waals surface area (Å²) in [6.45, 7) is 4.71. The van der Waals surface area contributed by atoms with Crippen molar-refractivity contribution in [3.63, 3.8) is 0 Å². The predicted molar refractivity (Wildman–Crippen MR) is 94.8 cm³/mol. The van der Waals surface area contributed by atoms with Crippen LogP contribution in [-0.4, -0.2) is 28.5 Å². The van der Waals surface area contributed by atoms with Crippen LogP contribution in [-0.2, 0) is 0 Å². The summed E-state index contributed by atoms with van der Waals surface area (Å²) in [5.41, 5.74) is 6.47. The monoisotopic (exact) mass is 331 g/mol. The fraction of sp³-hybridized carbons (Fsp3) is 0.905. The summed E-state index contributed by atoms with van der Waals surface area (Å²) in [6, 6.07) is 0.174. The van der Waals surface area contributed by atoms with Crippen LogP contribution < -0.4 is 5.73 Å². The van der Waals surface area contributed by atoms with E-state index in [2.05, 4.69) is 19.8 Å². The second kappa shape index (κ2) is 5.47. The number of hydrogen-bond acceptors (Lipinski definition) is 3. The van der Waals surface area contributed by atoms with Gasteiger partial charge in [-0.3, -0.25) is 0 Å². The third-order valence-electron chi connectivity index (χ3n) is 8.99. The minimum atomic E-state index is -0.630. The molecule has 0 bridgehead atoms. The first-order chi connectivity index (χ1) is 11.3. The maximum Gasteiger partial charge on any atom is 0.0836 e. The highest BCUT2D eigenvalue weighted by atomic mass is 16.3. The average Bonchev–Trinajstić information content (AvgIpc) is 2.90. The molecule has 0 spiro atoms. The molecular formula is C21H33NO2. The molecule has 0 heterocycles. The summed E-state index contributed by atoms with van der Waals surface area (Å²) in [6.07, 6.45) is 12.1. The molecule has 3 nitrogen and oxygen atoms in total. The number of nitrogens with two attached hydrogens (primary N) is 1. The molecule has 0 radical (unpaired) electrons. The van der Waals surface area contributed by atoms with Crippen LogP contribution in [0.1, 0.15) is 58.8 Å². The average molecular weight is 332 g/mol. The smallest absolute Gasteiger partial charge is 0.0836 e. The van der Waals surface area contributed by atoms with Gasteiger partial charge in [0.15, 0.2) is 0 Å². The molecule has 10 atom stereocenters. The van der Waals surface area contributed by atoms with E-state index in [-0.39, 0.29) is 28.7 Å². The quantitative estimate of drug-likeness (QED) is 0.598. The lowest BCUT2D eigenvalue weighted by Crippen LogP contribution is -2.64. The Morgan fingerprint density at radius 1 is 0.917 bits per heavy atom. The van der Waals surface area contributed by atoms with Gasteiger partial charge in [0, 0.05) is 12.0 Å². The van der Waals surface area contributed by atoms with Gasteiger partial charge < -0.3 is 15.9 Å². The number of aliphatic hydroxyl groups is 2. The zero-order valence-corrected chi connectivity index (χ0v) is 15.1. The zero-order chi connectivity index (χ0) is 17.3. The lowest BCUT2D eigenvalue weighted by atomic mass is 9.43. The van der Waals surface area contributed by atoms with E-state index in [0.717, 1.165) is 38.5 Å². The molecule has 0 aliphatic heterocycles. The van der Waals surface area contributed by atoms with Gasteiger partial charge in [0.2, 0.25) is 0 Å². The molecule has 134 valence electrons. The number of aliphatic hydroxyl groups excluding tert-OH is 2. The minimum Gasteiger partial charge on any atom is -0.390 e. The van der Waals surface area contributed by atoms with Gasteiger partial charge in [-0.25, -0.2) is 0 Å². The molecule has 5 unspecified atom stereocenters. The summed E-state index contributed by atoms with van der Waals surface area (Å²) < 4.78 is 0. The molecule has 4 aliphatic rings. The molecule has 4 N–H and O–H groups in total. The van der Waals surface area contributed by atoms with Crippen LogP contribution in [0.5, 0.6) is 0 Å². The first kappa shape index (κ1) is 16.9. The van der Waals surface area contributed by atoms with Crippen molar-refractivity contribution in [3.8, 4) is 12.3 Å². The van der Waals surface area contributed by atoms with Crippen molar-refractivity contribution in [1.29, 1.82) is 0 Å². The fourth-order valence-electron chi connectivity index (χ4n) is 7.56. The van der Waals surface area contributed by atoms with E-state index in [9.17, 15) is 10.2 Å². The highest BCUT2D eigenvalue weighted by Gasteiger charge is 2.64. The van der Waals surface area contributed by atoms with E-state index < -0.39 is 12.2 Å². The van der Waals surface area contributed by atoms with E-state index in [1.807, 2.05) is 0 Å². The molecule has 0 amide bonds. The number of hydrogen-bond donors (Lipinski definition) is 3. The zero-order valence-electron chi connectivity index (χ0n) is 15.1. The van der Waals surface area contributed by atoms with Crippen LogP contribution in [0.15, 0.2) is 0 Å². The van der Waals surface area contributed by atoms with Gasteiger partial charge in [0.05, 0.1) is 12.2 Å². The first-order valence-electron chi connectivity index (χ1n) is 9.91. The number of fused-ring (bicyclic) bond motifs is 5. The van der Waals surface area contributed by atoms with Crippen molar-refractivity contribution in [2.75, 3.05) is 0 Å². The van der Waals surface area contributed by atoms with Crippen molar-refractivity contribution < 1.29 is 10.2 Å². The van der Waals surface area contributed by atoms with Crippen LogP contribution in [0, 0.1) is 52.8 Å². The third-order valence-corrected chi connectivity index (χ3v) is 8.99. The summed E-state index contributed by atoms with van der Waals surface area (Å²) in [5.74, 6) is 4.67. The molecule has 24 heavy (non-hydrogen) atoms. The molecule has 4 rings (SSSR count). The molecule has 4 fully saturated rings. The maximum absolute atomic E-state index is 11.1. The highest BCUT2D eigenvalue weighted by molar-refractivity contribution is 5.17. The van der Waals surface area contributed by atoms with E-state index in [1.165, 1.54) is 6.42 Å². The van der Waals surface area contributed by atoms with E-state index in [0.29, 0.717) is 17.8 Å². The van der Waals surface area contributed by atoms with Gasteiger partial charge >= 0.3 is 0 Å². The first-order valence-corrected chi connectivity index (χ1v) is 9.91. The van der Waals surface area contributed by atoms with Crippen LogP contribution >= 0.6 is 0 Å². The summed E-state index contributed by atoms with van der Waals surface area (Å²) in [5, 5.41) is 22.1. The maximum atomic E-state index is 11.1. The molecule has 0 aromatic heterocycles. The second-order valence-corrected chi connectivity index (χ2v) is 9.76. The van der Waals surface area contributed by atoms with Gasteiger partial charge in [0.1, 0.15) is 0 Å². The highest BCUT2D eigenvalue weighted by Crippen LogP contribution is 2.67. The fourth-order valence-corrected chi connectivity index (χ4v) is 7.56. The molecule has 0 saturated heterocycles. The van der Waals surface area contributed by atoms with Crippen LogP contribution in [0.2, 0.25) is 0 Å². The second-order valence-electron chi connectivity index (χ2n) is 9.76. The van der Waals surface area contributed by atoms with Gasteiger partial charge in [-0.15, -0.1) is 12.3 Å². The topological polar surface area (TPSA) is 66.5 Å². The predicted octanol–water partition coefficient (Wildman–Crippen LogP) is 2.55. The Kier molecular flexibility index (Phi) is 3.85. The van der Waals surface area contributed by atoms with Crippen LogP contribution in [0.4, 0.5) is 0 Å². The van der Waals surface area contributed by atoms with Crippen molar-refractivity contribution in [2.24, 2.45) is 46.2 Å². The molecule has 0 aromatic carbocycles. The Morgan fingerprint density at radius 3 is 2.29 bits per heavy atom. The molecule has 4 aliphatic carbocycles. The molecule has 3 heteroatoms. The molecule has 4 saturated carbocycles. The van der Waals surface area contributed by atoms with Gasteiger partial charge in [0.25, 0.3) is 0 Å². The molecular weight excluding hydrogens is 298 g/mol. The largest absolute Gasteiger partial charge is 0.390 e. The summed E-state index contributed by atoms with van der Waals surface area (Å²) in [7, 11) is 0.